The summed E-state index contributed by atoms with van der Waals surface area (Å²) in [6.45, 7) is 0.237. The largest absolute Gasteiger partial charge is 0.454 e. The zero-order chi connectivity index (χ0) is 20.8. The second-order valence-electron chi connectivity index (χ2n) is 6.77. The van der Waals surface area contributed by atoms with Gasteiger partial charge in [-0.15, -0.1) is 5.10 Å². The molecule has 0 bridgehead atoms. The minimum Gasteiger partial charge on any atom is -0.454 e. The Balaban J connectivity index is 1.31. The number of hydrogen-bond acceptors (Lipinski definition) is 9. The fourth-order valence-corrected chi connectivity index (χ4v) is 3.32. The average Bonchev–Trinajstić information content (AvgIpc) is 3.55. The first-order valence-electron chi connectivity index (χ1n) is 9.35. The van der Waals surface area contributed by atoms with Crippen LogP contribution in [0.3, 0.4) is 0 Å². The van der Waals surface area contributed by atoms with Crippen LogP contribution in [-0.4, -0.2) is 41.5 Å². The maximum atomic E-state index is 12.9. The van der Waals surface area contributed by atoms with Gasteiger partial charge < -0.3 is 14.0 Å². The third-order valence-electron chi connectivity index (χ3n) is 4.83. The SMILES string of the molecule is O=c1c2nnn(-c3ccccc3)c2ncn1Cc1nc(-c2ccc3c(c2)OCO3)no1. The second-order valence-corrected chi connectivity index (χ2v) is 6.77. The van der Waals surface area contributed by atoms with Crippen LogP contribution in [-0.2, 0) is 6.54 Å². The molecule has 0 saturated heterocycles. The van der Waals surface area contributed by atoms with E-state index >= 15 is 0 Å². The third-order valence-corrected chi connectivity index (χ3v) is 4.83. The first-order chi connectivity index (χ1) is 15.3. The zero-order valence-corrected chi connectivity index (χ0v) is 15.9. The lowest BCUT2D eigenvalue weighted by Crippen LogP contribution is -2.21. The van der Waals surface area contributed by atoms with Crippen LogP contribution in [0.25, 0.3) is 28.2 Å². The van der Waals surface area contributed by atoms with Gasteiger partial charge in [0.15, 0.2) is 22.7 Å². The Morgan fingerprint density at radius 2 is 1.90 bits per heavy atom. The normalized spacial score (nSPS) is 12.5. The molecule has 11 nitrogen and oxygen atoms in total. The summed E-state index contributed by atoms with van der Waals surface area (Å²) >= 11 is 0. The Hall–Kier alpha value is -4.54. The second kappa shape index (κ2) is 6.76. The Labute approximate surface area is 173 Å². The molecule has 0 radical (unpaired) electrons. The van der Waals surface area contributed by atoms with Gasteiger partial charge >= 0.3 is 0 Å². The highest BCUT2D eigenvalue weighted by atomic mass is 16.7. The highest BCUT2D eigenvalue weighted by Crippen LogP contribution is 2.35. The number of ether oxygens (including phenoxy) is 2. The number of nitrogens with zero attached hydrogens (tertiary/aromatic N) is 7. The first-order valence-corrected chi connectivity index (χ1v) is 9.35. The van der Waals surface area contributed by atoms with Crippen molar-refractivity contribution in [3.05, 3.63) is 71.1 Å². The smallest absolute Gasteiger partial charge is 0.284 e. The lowest BCUT2D eigenvalue weighted by atomic mass is 10.2. The molecule has 1 aliphatic rings. The summed E-state index contributed by atoms with van der Waals surface area (Å²) in [5.41, 5.74) is 1.65. The maximum Gasteiger partial charge on any atom is 0.284 e. The number of fused-ring (bicyclic) bond motifs is 2. The van der Waals surface area contributed by atoms with Crippen molar-refractivity contribution in [1.29, 1.82) is 0 Å². The van der Waals surface area contributed by atoms with E-state index in [2.05, 4.69) is 25.4 Å². The molecule has 0 fully saturated rings. The molecule has 0 unspecified atom stereocenters. The molecular formula is C20H13N7O4. The Morgan fingerprint density at radius 1 is 1.03 bits per heavy atom. The van der Waals surface area contributed by atoms with Gasteiger partial charge in [-0.2, -0.15) is 9.67 Å². The van der Waals surface area contributed by atoms with Crippen LogP contribution in [0.4, 0.5) is 0 Å². The first kappa shape index (κ1) is 17.3. The maximum absolute atomic E-state index is 12.9. The summed E-state index contributed by atoms with van der Waals surface area (Å²) in [7, 11) is 0. The standard InChI is InChI=1S/C20H13N7O4/c28-20-17-19(27(25-23-17)13-4-2-1-3-5-13)21-10-26(20)9-16-22-18(24-31-16)12-6-7-14-15(8-12)30-11-29-14/h1-8,10H,9,11H2. The van der Waals surface area contributed by atoms with E-state index < -0.39 is 0 Å². The summed E-state index contributed by atoms with van der Waals surface area (Å²) < 4.78 is 18.9. The minimum absolute atomic E-state index is 0.0531. The molecule has 1 aliphatic heterocycles. The predicted octanol–water partition coefficient (Wildman–Crippen LogP) is 1.80. The number of aromatic nitrogens is 7. The summed E-state index contributed by atoms with van der Waals surface area (Å²) in [6, 6.07) is 14.7. The van der Waals surface area contributed by atoms with Crippen LogP contribution in [0.15, 0.2) is 64.2 Å². The molecule has 0 aliphatic carbocycles. The molecule has 152 valence electrons. The van der Waals surface area contributed by atoms with Gasteiger partial charge in [-0.1, -0.05) is 28.6 Å². The zero-order valence-electron chi connectivity index (χ0n) is 15.9. The Morgan fingerprint density at radius 3 is 2.81 bits per heavy atom. The number of para-hydroxylation sites is 1. The van der Waals surface area contributed by atoms with E-state index in [0.717, 1.165) is 5.69 Å². The van der Waals surface area contributed by atoms with E-state index in [1.807, 2.05) is 36.4 Å². The molecule has 3 aromatic heterocycles. The van der Waals surface area contributed by atoms with Crippen molar-refractivity contribution in [2.24, 2.45) is 0 Å². The van der Waals surface area contributed by atoms with E-state index in [4.69, 9.17) is 14.0 Å². The topological polar surface area (TPSA) is 123 Å². The molecule has 6 rings (SSSR count). The van der Waals surface area contributed by atoms with E-state index in [1.54, 1.807) is 12.1 Å². The van der Waals surface area contributed by atoms with Gasteiger partial charge in [-0.25, -0.2) is 4.98 Å². The van der Waals surface area contributed by atoms with Gasteiger partial charge in [0.25, 0.3) is 5.56 Å². The third kappa shape index (κ3) is 2.90. The average molecular weight is 415 g/mol. The van der Waals surface area contributed by atoms with Gasteiger partial charge in [-0.05, 0) is 30.3 Å². The van der Waals surface area contributed by atoms with Crippen molar-refractivity contribution in [3.8, 4) is 28.6 Å². The molecule has 31 heavy (non-hydrogen) atoms. The van der Waals surface area contributed by atoms with Gasteiger partial charge in [0.05, 0.1) is 5.69 Å². The van der Waals surface area contributed by atoms with Crippen LogP contribution >= 0.6 is 0 Å². The molecule has 11 heteroatoms. The van der Waals surface area contributed by atoms with E-state index in [0.29, 0.717) is 28.5 Å². The van der Waals surface area contributed by atoms with Crippen molar-refractivity contribution in [1.82, 2.24) is 34.7 Å². The predicted molar refractivity (Wildman–Crippen MR) is 106 cm³/mol. The number of benzene rings is 2. The van der Waals surface area contributed by atoms with E-state index in [1.165, 1.54) is 15.6 Å². The molecule has 0 spiro atoms. The van der Waals surface area contributed by atoms with Crippen LogP contribution < -0.4 is 15.0 Å². The number of rotatable bonds is 4. The van der Waals surface area contributed by atoms with Crippen molar-refractivity contribution in [3.63, 3.8) is 0 Å². The molecular weight excluding hydrogens is 402 g/mol. The summed E-state index contributed by atoms with van der Waals surface area (Å²) in [6.07, 6.45) is 1.41. The van der Waals surface area contributed by atoms with Crippen molar-refractivity contribution in [2.75, 3.05) is 6.79 Å². The molecule has 0 saturated carbocycles. The van der Waals surface area contributed by atoms with Gasteiger partial charge in [0.2, 0.25) is 18.5 Å². The van der Waals surface area contributed by atoms with Crippen molar-refractivity contribution in [2.45, 2.75) is 6.54 Å². The van der Waals surface area contributed by atoms with Gasteiger partial charge in [-0.3, -0.25) is 9.36 Å². The van der Waals surface area contributed by atoms with E-state index in [-0.39, 0.29) is 30.3 Å². The Kier molecular flexibility index (Phi) is 3.78. The molecule has 0 atom stereocenters. The lowest BCUT2D eigenvalue weighted by Gasteiger charge is -2.02. The molecule has 4 heterocycles. The highest BCUT2D eigenvalue weighted by Gasteiger charge is 2.18. The molecule has 2 aromatic carbocycles. The monoisotopic (exact) mass is 415 g/mol. The molecule has 0 amide bonds. The van der Waals surface area contributed by atoms with E-state index in [9.17, 15) is 4.79 Å². The number of hydrogen-bond donors (Lipinski definition) is 0. The van der Waals surface area contributed by atoms with Crippen molar-refractivity contribution >= 4 is 11.2 Å². The highest BCUT2D eigenvalue weighted by molar-refractivity contribution is 5.70. The summed E-state index contributed by atoms with van der Waals surface area (Å²) in [5, 5.41) is 12.1. The van der Waals surface area contributed by atoms with Crippen LogP contribution in [0, 0.1) is 0 Å². The molecule has 0 N–H and O–H groups in total. The van der Waals surface area contributed by atoms with Crippen molar-refractivity contribution < 1.29 is 14.0 Å². The fourth-order valence-electron chi connectivity index (χ4n) is 3.32. The quantitative estimate of drug-likeness (QED) is 0.432. The van der Waals surface area contributed by atoms with Gasteiger partial charge in [0, 0.05) is 5.56 Å². The fraction of sp³-hybridized carbons (Fsp3) is 0.100. The summed E-state index contributed by atoms with van der Waals surface area (Å²) in [4.78, 5) is 21.6. The lowest BCUT2D eigenvalue weighted by molar-refractivity contribution is 0.174. The Bertz CT molecular complexity index is 1470. The summed E-state index contributed by atoms with van der Waals surface area (Å²) in [5.74, 6) is 1.93. The van der Waals surface area contributed by atoms with Crippen LogP contribution in [0.1, 0.15) is 5.89 Å². The van der Waals surface area contributed by atoms with Gasteiger partial charge in [0.1, 0.15) is 12.9 Å². The minimum atomic E-state index is -0.352. The molecule has 5 aromatic rings. The van der Waals surface area contributed by atoms with Crippen LogP contribution in [0.5, 0.6) is 11.5 Å². The van der Waals surface area contributed by atoms with Crippen LogP contribution in [0.2, 0.25) is 0 Å².